The molecule has 0 aliphatic carbocycles. The first kappa shape index (κ1) is 13.4. The molecule has 1 aromatic rings. The van der Waals surface area contributed by atoms with Gasteiger partial charge >= 0.3 is 6.09 Å². The smallest absolute Gasteiger partial charge is 0.407 e. The molecule has 5 nitrogen and oxygen atoms in total. The quantitative estimate of drug-likeness (QED) is 0.847. The van der Waals surface area contributed by atoms with E-state index in [1.54, 1.807) is 7.11 Å². The fourth-order valence-corrected chi connectivity index (χ4v) is 2.56. The normalized spacial score (nSPS) is 22.9. The minimum Gasteiger partial charge on any atom is -0.497 e. The number of likely N-dealkylation sites (tertiary alicyclic amines) is 1. The second-order valence-electron chi connectivity index (χ2n) is 4.70. The van der Waals surface area contributed by atoms with E-state index < -0.39 is 6.09 Å². The number of nitrogens with zero attached hydrogens (tertiary/aromatic N) is 1. The average Bonchev–Trinajstić information content (AvgIpc) is 2.46. The van der Waals surface area contributed by atoms with Crippen molar-refractivity contribution in [3.63, 3.8) is 0 Å². The summed E-state index contributed by atoms with van der Waals surface area (Å²) >= 11 is 0. The Bertz CT molecular complexity index is 457. The molecule has 0 spiro atoms. The van der Waals surface area contributed by atoms with E-state index in [1.807, 2.05) is 24.3 Å². The van der Waals surface area contributed by atoms with Gasteiger partial charge in [-0.2, -0.15) is 0 Å². The summed E-state index contributed by atoms with van der Waals surface area (Å²) in [6.45, 7) is 0.742. The summed E-state index contributed by atoms with van der Waals surface area (Å²) < 4.78 is 5.10. The van der Waals surface area contributed by atoms with Crippen LogP contribution >= 0.6 is 0 Å². The molecule has 1 N–H and O–H groups in total. The van der Waals surface area contributed by atoms with Crippen LogP contribution in [0.3, 0.4) is 0 Å². The van der Waals surface area contributed by atoms with E-state index in [4.69, 9.17) is 9.84 Å². The molecular weight excluding hydrogens is 246 g/mol. The highest BCUT2D eigenvalue weighted by Gasteiger charge is 2.32. The maximum Gasteiger partial charge on any atom is 0.407 e. The monoisotopic (exact) mass is 263 g/mol. The third kappa shape index (κ3) is 2.86. The number of benzene rings is 1. The molecule has 2 atom stereocenters. The summed E-state index contributed by atoms with van der Waals surface area (Å²) in [5.74, 6) is 0.576. The van der Waals surface area contributed by atoms with Gasteiger partial charge in [0.05, 0.1) is 7.11 Å². The number of hydrogen-bond donors (Lipinski definition) is 1. The van der Waals surface area contributed by atoms with Crippen LogP contribution in [0.25, 0.3) is 0 Å². The van der Waals surface area contributed by atoms with Crippen molar-refractivity contribution in [2.24, 2.45) is 5.92 Å². The predicted octanol–water partition coefficient (Wildman–Crippen LogP) is 1.98. The van der Waals surface area contributed by atoms with Gasteiger partial charge in [-0.3, -0.25) is 0 Å². The van der Waals surface area contributed by atoms with E-state index in [1.165, 1.54) is 4.90 Å². The van der Waals surface area contributed by atoms with Gasteiger partial charge in [-0.15, -0.1) is 0 Å². The molecule has 0 aromatic heterocycles. The number of ether oxygens (including phenoxy) is 1. The van der Waals surface area contributed by atoms with Crippen molar-refractivity contribution in [3.05, 3.63) is 29.8 Å². The van der Waals surface area contributed by atoms with Gasteiger partial charge in [-0.05, 0) is 30.0 Å². The zero-order valence-electron chi connectivity index (χ0n) is 10.8. The standard InChI is InChI=1S/C14H17NO4/c1-19-12-4-2-10(3-5-12)13-6-7-15(14(17)18)8-11(13)9-16/h2-5,9,11,13H,6-8H2,1H3,(H,17,18)/t11-,13-/m0/s1. The van der Waals surface area contributed by atoms with Crippen molar-refractivity contribution in [2.45, 2.75) is 12.3 Å². The molecule has 1 aliphatic heterocycles. The van der Waals surface area contributed by atoms with Gasteiger partial charge in [-0.25, -0.2) is 4.79 Å². The number of piperidine rings is 1. The summed E-state index contributed by atoms with van der Waals surface area (Å²) in [4.78, 5) is 23.4. The van der Waals surface area contributed by atoms with E-state index in [0.717, 1.165) is 17.6 Å². The molecule has 2 rings (SSSR count). The first-order chi connectivity index (χ1) is 9.15. The molecule has 1 aliphatic rings. The van der Waals surface area contributed by atoms with Crippen LogP contribution in [0.15, 0.2) is 24.3 Å². The van der Waals surface area contributed by atoms with Gasteiger partial charge in [0, 0.05) is 19.0 Å². The Morgan fingerprint density at radius 3 is 2.63 bits per heavy atom. The van der Waals surface area contributed by atoms with E-state index in [9.17, 15) is 9.59 Å². The Kier molecular flexibility index (Phi) is 4.04. The Balaban J connectivity index is 2.14. The molecule has 0 radical (unpaired) electrons. The van der Waals surface area contributed by atoms with Gasteiger partial charge in [0.2, 0.25) is 0 Å². The van der Waals surface area contributed by atoms with E-state index >= 15 is 0 Å². The van der Waals surface area contributed by atoms with Crippen LogP contribution < -0.4 is 4.74 Å². The van der Waals surface area contributed by atoms with Crippen molar-refractivity contribution in [3.8, 4) is 5.75 Å². The lowest BCUT2D eigenvalue weighted by Gasteiger charge is -2.34. The van der Waals surface area contributed by atoms with Gasteiger partial charge in [0.1, 0.15) is 12.0 Å². The van der Waals surface area contributed by atoms with Crippen molar-refractivity contribution in [1.82, 2.24) is 4.90 Å². The molecular formula is C14H17NO4. The van der Waals surface area contributed by atoms with Gasteiger partial charge in [0.15, 0.2) is 0 Å². The van der Waals surface area contributed by atoms with E-state index in [2.05, 4.69) is 0 Å². The van der Waals surface area contributed by atoms with Crippen LogP contribution in [0.2, 0.25) is 0 Å². The second-order valence-corrected chi connectivity index (χ2v) is 4.70. The molecule has 19 heavy (non-hydrogen) atoms. The summed E-state index contributed by atoms with van der Waals surface area (Å²) in [5.41, 5.74) is 1.06. The highest BCUT2D eigenvalue weighted by atomic mass is 16.5. The lowest BCUT2D eigenvalue weighted by atomic mass is 9.81. The van der Waals surface area contributed by atoms with E-state index in [-0.39, 0.29) is 18.4 Å². The van der Waals surface area contributed by atoms with Gasteiger partial charge in [-0.1, -0.05) is 12.1 Å². The number of rotatable bonds is 3. The van der Waals surface area contributed by atoms with Gasteiger partial charge < -0.3 is 19.5 Å². The van der Waals surface area contributed by atoms with Crippen LogP contribution in [0, 0.1) is 5.92 Å². The maximum absolute atomic E-state index is 11.2. The van der Waals surface area contributed by atoms with Crippen LogP contribution in [0.5, 0.6) is 5.75 Å². The third-order valence-corrected chi connectivity index (χ3v) is 3.65. The van der Waals surface area contributed by atoms with Crippen LogP contribution in [-0.4, -0.2) is 42.6 Å². The fraction of sp³-hybridized carbons (Fsp3) is 0.429. The first-order valence-corrected chi connectivity index (χ1v) is 6.23. The molecule has 1 amide bonds. The lowest BCUT2D eigenvalue weighted by Crippen LogP contribution is -2.42. The van der Waals surface area contributed by atoms with Crippen molar-refractivity contribution >= 4 is 12.4 Å². The van der Waals surface area contributed by atoms with Crippen LogP contribution in [0.1, 0.15) is 17.9 Å². The summed E-state index contributed by atoms with van der Waals surface area (Å²) in [7, 11) is 1.61. The van der Waals surface area contributed by atoms with Crippen molar-refractivity contribution in [2.75, 3.05) is 20.2 Å². The fourth-order valence-electron chi connectivity index (χ4n) is 2.56. The predicted molar refractivity (Wildman–Crippen MR) is 69.5 cm³/mol. The summed E-state index contributed by atoms with van der Waals surface area (Å²) in [6.07, 6.45) is 0.575. The third-order valence-electron chi connectivity index (χ3n) is 3.65. The maximum atomic E-state index is 11.2. The SMILES string of the molecule is COc1ccc([C@@H]2CCN(C(=O)O)C[C@H]2C=O)cc1. The topological polar surface area (TPSA) is 66.8 Å². The number of hydrogen-bond acceptors (Lipinski definition) is 3. The van der Waals surface area contributed by atoms with Crippen molar-refractivity contribution in [1.29, 1.82) is 0 Å². The molecule has 0 unspecified atom stereocenters. The molecule has 0 saturated carbocycles. The second kappa shape index (κ2) is 5.73. The number of amides is 1. The Labute approximate surface area is 111 Å². The molecule has 1 fully saturated rings. The molecule has 1 heterocycles. The number of carbonyl (C=O) groups is 2. The average molecular weight is 263 g/mol. The zero-order chi connectivity index (χ0) is 13.8. The van der Waals surface area contributed by atoms with Gasteiger partial charge in [0.25, 0.3) is 0 Å². The van der Waals surface area contributed by atoms with Crippen LogP contribution in [-0.2, 0) is 4.79 Å². The zero-order valence-corrected chi connectivity index (χ0v) is 10.8. The number of methoxy groups -OCH3 is 1. The highest BCUT2D eigenvalue weighted by molar-refractivity contribution is 5.67. The Morgan fingerprint density at radius 2 is 2.11 bits per heavy atom. The van der Waals surface area contributed by atoms with E-state index in [0.29, 0.717) is 13.0 Å². The summed E-state index contributed by atoms with van der Waals surface area (Å²) in [6, 6.07) is 7.61. The molecule has 0 bridgehead atoms. The molecule has 1 saturated heterocycles. The minimum atomic E-state index is -0.958. The molecule has 5 heteroatoms. The minimum absolute atomic E-state index is 0.0824. The number of aldehydes is 1. The highest BCUT2D eigenvalue weighted by Crippen LogP contribution is 2.32. The Hall–Kier alpha value is -2.04. The van der Waals surface area contributed by atoms with Crippen molar-refractivity contribution < 1.29 is 19.4 Å². The Morgan fingerprint density at radius 1 is 1.42 bits per heavy atom. The molecule has 102 valence electrons. The van der Waals surface area contributed by atoms with Crippen LogP contribution in [0.4, 0.5) is 4.79 Å². The largest absolute Gasteiger partial charge is 0.497 e. The number of carboxylic acid groups (broad SMARTS) is 1. The lowest BCUT2D eigenvalue weighted by molar-refractivity contribution is -0.112. The summed E-state index contributed by atoms with van der Waals surface area (Å²) in [5, 5.41) is 8.97. The molecule has 1 aromatic carbocycles. The number of carbonyl (C=O) groups excluding carboxylic acids is 1. The first-order valence-electron chi connectivity index (χ1n) is 6.23.